The molecule has 2 unspecified atom stereocenters. The first kappa shape index (κ1) is 16.3. The van der Waals surface area contributed by atoms with Gasteiger partial charge in [-0.3, -0.25) is 0 Å². The lowest BCUT2D eigenvalue weighted by Gasteiger charge is -2.27. The van der Waals surface area contributed by atoms with Crippen LogP contribution in [-0.4, -0.2) is 42.6 Å². The van der Waals surface area contributed by atoms with E-state index in [0.29, 0.717) is 6.04 Å². The zero-order valence-corrected chi connectivity index (χ0v) is 14.8. The normalized spacial score (nSPS) is 20.5. The monoisotopic (exact) mass is 356 g/mol. The van der Waals surface area contributed by atoms with Crippen LogP contribution in [0.15, 0.2) is 28.7 Å². The molecule has 0 aliphatic carbocycles. The summed E-state index contributed by atoms with van der Waals surface area (Å²) in [6, 6.07) is 9.79. The van der Waals surface area contributed by atoms with Crippen molar-refractivity contribution < 1.29 is 0 Å². The van der Waals surface area contributed by atoms with Gasteiger partial charge >= 0.3 is 0 Å². The van der Waals surface area contributed by atoms with Gasteiger partial charge < -0.3 is 10.2 Å². The summed E-state index contributed by atoms with van der Waals surface area (Å²) in [4.78, 5) is 2.54. The smallest absolute Gasteiger partial charge is 0.0343 e. The van der Waals surface area contributed by atoms with Crippen LogP contribution in [0.3, 0.4) is 0 Å². The molecule has 1 aromatic carbocycles. The lowest BCUT2D eigenvalue weighted by molar-refractivity contribution is 0.247. The van der Waals surface area contributed by atoms with Crippen molar-refractivity contribution >= 4 is 27.7 Å². The third-order valence-electron chi connectivity index (χ3n) is 4.03. The van der Waals surface area contributed by atoms with Crippen molar-refractivity contribution in [3.63, 3.8) is 0 Å². The molecule has 0 bridgehead atoms. The summed E-state index contributed by atoms with van der Waals surface area (Å²) in [6.07, 6.45) is 2.51. The molecule has 0 radical (unpaired) electrons. The number of hydrogen-bond acceptors (Lipinski definition) is 3. The molecule has 1 N–H and O–H groups in total. The molecule has 0 saturated carbocycles. The summed E-state index contributed by atoms with van der Waals surface area (Å²) in [6.45, 7) is 4.35. The Hall–Kier alpha value is -0.0300. The zero-order chi connectivity index (χ0) is 14.4. The summed E-state index contributed by atoms with van der Waals surface area (Å²) in [5.74, 6) is 2.63. The van der Waals surface area contributed by atoms with Gasteiger partial charge in [0.1, 0.15) is 0 Å². The van der Waals surface area contributed by atoms with Crippen LogP contribution in [0, 0.1) is 0 Å². The first-order valence-corrected chi connectivity index (χ1v) is 9.43. The average Bonchev–Trinajstić information content (AvgIpc) is 2.98. The van der Waals surface area contributed by atoms with Gasteiger partial charge in [0.15, 0.2) is 0 Å². The maximum Gasteiger partial charge on any atom is 0.0343 e. The molecule has 0 amide bonds. The number of thioether (sulfide) groups is 1. The van der Waals surface area contributed by atoms with Crippen LogP contribution in [0.25, 0.3) is 0 Å². The Balaban J connectivity index is 1.93. The summed E-state index contributed by atoms with van der Waals surface area (Å²) in [5.41, 5.74) is 1.38. The Kier molecular flexibility index (Phi) is 6.88. The number of nitrogens with zero attached hydrogens (tertiary/aromatic N) is 1. The molecule has 112 valence electrons. The second-order valence-electron chi connectivity index (χ2n) is 5.42. The first-order valence-electron chi connectivity index (χ1n) is 7.48. The van der Waals surface area contributed by atoms with E-state index >= 15 is 0 Å². The first-order chi connectivity index (χ1) is 9.72. The van der Waals surface area contributed by atoms with Crippen LogP contribution >= 0.6 is 27.7 Å². The topological polar surface area (TPSA) is 15.3 Å². The van der Waals surface area contributed by atoms with E-state index in [4.69, 9.17) is 0 Å². The zero-order valence-electron chi connectivity index (χ0n) is 12.4. The van der Waals surface area contributed by atoms with Gasteiger partial charge in [0.2, 0.25) is 0 Å². The van der Waals surface area contributed by atoms with E-state index in [-0.39, 0.29) is 0 Å². The third-order valence-corrected chi connectivity index (χ3v) is 5.90. The van der Waals surface area contributed by atoms with E-state index in [2.05, 4.69) is 76.1 Å². The number of benzene rings is 1. The van der Waals surface area contributed by atoms with Gasteiger partial charge in [-0.05, 0) is 50.4 Å². The maximum atomic E-state index is 3.68. The van der Waals surface area contributed by atoms with Crippen molar-refractivity contribution in [3.8, 4) is 0 Å². The number of hydrogen-bond donors (Lipinski definition) is 1. The van der Waals surface area contributed by atoms with Gasteiger partial charge in [-0.1, -0.05) is 41.1 Å². The third kappa shape index (κ3) is 4.48. The largest absolute Gasteiger partial charge is 0.310 e. The van der Waals surface area contributed by atoms with E-state index in [0.717, 1.165) is 25.6 Å². The van der Waals surface area contributed by atoms with Crippen molar-refractivity contribution in [3.05, 3.63) is 34.3 Å². The molecule has 4 heteroatoms. The standard InChI is InChI=1S/C16H25BrN2S/c1-3-18-16(14-6-4-5-7-15(14)17)8-10-19(2)13-9-11-20-12-13/h4-7,13,16,18H,3,8-12H2,1-2H3. The van der Waals surface area contributed by atoms with Crippen molar-refractivity contribution in [2.75, 3.05) is 31.6 Å². The molecule has 1 fully saturated rings. The fourth-order valence-corrected chi connectivity index (χ4v) is 4.62. The van der Waals surface area contributed by atoms with Gasteiger partial charge in [-0.15, -0.1) is 0 Å². The molecule has 20 heavy (non-hydrogen) atoms. The number of halogens is 1. The van der Waals surface area contributed by atoms with E-state index in [1.807, 2.05) is 0 Å². The Bertz CT molecular complexity index is 407. The summed E-state index contributed by atoms with van der Waals surface area (Å²) in [7, 11) is 2.28. The van der Waals surface area contributed by atoms with Crippen LogP contribution in [-0.2, 0) is 0 Å². The Labute approximate surface area is 135 Å². The van der Waals surface area contributed by atoms with Gasteiger partial charge in [0, 0.05) is 22.3 Å². The fraction of sp³-hybridized carbons (Fsp3) is 0.625. The predicted molar refractivity (Wildman–Crippen MR) is 93.5 cm³/mol. The molecular weight excluding hydrogens is 332 g/mol. The Morgan fingerprint density at radius 1 is 1.45 bits per heavy atom. The molecule has 1 aliphatic rings. The molecule has 2 rings (SSSR count). The minimum atomic E-state index is 0.437. The second kappa shape index (κ2) is 8.42. The Morgan fingerprint density at radius 3 is 2.90 bits per heavy atom. The van der Waals surface area contributed by atoms with Gasteiger partial charge in [0.05, 0.1) is 0 Å². The average molecular weight is 357 g/mol. The fourth-order valence-electron chi connectivity index (χ4n) is 2.76. The maximum absolute atomic E-state index is 3.68. The minimum Gasteiger partial charge on any atom is -0.310 e. The highest BCUT2D eigenvalue weighted by Gasteiger charge is 2.21. The van der Waals surface area contributed by atoms with Crippen LogP contribution in [0.5, 0.6) is 0 Å². The minimum absolute atomic E-state index is 0.437. The van der Waals surface area contributed by atoms with Crippen molar-refractivity contribution in [1.29, 1.82) is 0 Å². The highest BCUT2D eigenvalue weighted by atomic mass is 79.9. The van der Waals surface area contributed by atoms with E-state index < -0.39 is 0 Å². The van der Waals surface area contributed by atoms with Crippen LogP contribution < -0.4 is 5.32 Å². The quantitative estimate of drug-likeness (QED) is 0.796. The van der Waals surface area contributed by atoms with Crippen LogP contribution in [0.1, 0.15) is 31.4 Å². The number of rotatable bonds is 7. The number of nitrogens with one attached hydrogen (secondary N) is 1. The summed E-state index contributed by atoms with van der Waals surface area (Å²) in [5, 5.41) is 3.62. The van der Waals surface area contributed by atoms with Gasteiger partial charge in [-0.25, -0.2) is 0 Å². The predicted octanol–water partition coefficient (Wildman–Crippen LogP) is 3.93. The molecular formula is C16H25BrN2S. The Morgan fingerprint density at radius 2 is 2.25 bits per heavy atom. The lowest BCUT2D eigenvalue weighted by atomic mass is 10.0. The van der Waals surface area contributed by atoms with Gasteiger partial charge in [-0.2, -0.15) is 11.8 Å². The van der Waals surface area contributed by atoms with E-state index in [1.165, 1.54) is 28.0 Å². The molecule has 0 aromatic heterocycles. The van der Waals surface area contributed by atoms with Crippen LogP contribution in [0.2, 0.25) is 0 Å². The van der Waals surface area contributed by atoms with E-state index in [9.17, 15) is 0 Å². The SMILES string of the molecule is CCNC(CCN(C)C1CCSC1)c1ccccc1Br. The van der Waals surface area contributed by atoms with E-state index in [1.54, 1.807) is 0 Å². The molecule has 1 aromatic rings. The molecule has 1 saturated heterocycles. The summed E-state index contributed by atoms with van der Waals surface area (Å²) < 4.78 is 1.21. The molecule has 1 heterocycles. The lowest BCUT2D eigenvalue weighted by Crippen LogP contribution is -2.34. The highest BCUT2D eigenvalue weighted by Crippen LogP contribution is 2.27. The van der Waals surface area contributed by atoms with Gasteiger partial charge in [0.25, 0.3) is 0 Å². The second-order valence-corrected chi connectivity index (χ2v) is 7.42. The molecule has 0 spiro atoms. The molecule has 2 atom stereocenters. The van der Waals surface area contributed by atoms with Crippen molar-refractivity contribution in [1.82, 2.24) is 10.2 Å². The highest BCUT2D eigenvalue weighted by molar-refractivity contribution is 9.10. The molecule has 1 aliphatic heterocycles. The molecule has 2 nitrogen and oxygen atoms in total. The van der Waals surface area contributed by atoms with Crippen LogP contribution in [0.4, 0.5) is 0 Å². The van der Waals surface area contributed by atoms with Crippen molar-refractivity contribution in [2.24, 2.45) is 0 Å². The van der Waals surface area contributed by atoms with Crippen molar-refractivity contribution in [2.45, 2.75) is 31.8 Å². The summed E-state index contributed by atoms with van der Waals surface area (Å²) >= 11 is 5.77.